The molecule has 2 aliphatic rings. The van der Waals surface area contributed by atoms with E-state index in [2.05, 4.69) is 103 Å². The number of pyridine rings is 10. The van der Waals surface area contributed by atoms with Crippen LogP contribution in [0.1, 0.15) is 44.5 Å². The maximum atomic E-state index is 15.0. The van der Waals surface area contributed by atoms with E-state index in [0.29, 0.717) is 90.4 Å². The summed E-state index contributed by atoms with van der Waals surface area (Å²) < 4.78 is 29.9. The second-order valence-electron chi connectivity index (χ2n) is 25.3. The predicted octanol–water partition coefficient (Wildman–Crippen LogP) is 17.4. The Morgan fingerprint density at radius 2 is 0.688 bits per heavy atom. The average Bonchev–Trinajstić information content (AvgIpc) is 0.776. The Morgan fingerprint density at radius 3 is 1.04 bits per heavy atom. The van der Waals surface area contributed by atoms with Gasteiger partial charge in [0.05, 0.1) is 67.9 Å². The highest BCUT2D eigenvalue weighted by molar-refractivity contribution is 5.95. The Balaban J connectivity index is 0.000000131. The normalized spacial score (nSPS) is 11.4. The van der Waals surface area contributed by atoms with Crippen molar-refractivity contribution in [2.45, 2.75) is 13.8 Å². The summed E-state index contributed by atoms with van der Waals surface area (Å²) in [7, 11) is 7.17. The lowest BCUT2D eigenvalue weighted by molar-refractivity contribution is 0.626. The molecule has 24 heteroatoms. The number of hydrogen-bond acceptors (Lipinski definition) is 20. The standard InChI is InChI=1S/C23H19N5.C22H16FN5.C22H17N5O.C21H14FN5O/c1-14-7-8-17-11-20(16-9-10-26-21(12-16)25-3)22(28-23(17)27-14)19-6-4-5-18(13-24)15(19)2;1-13-6-7-15-10-18(14-8-9-26-19(11-14)25-2)21(28-22(15)27-13)17-5-3-4-16(12-24)20(17)23;1-13-15(12-23)4-3-5-16(13)21-17(14-6-8-25-20(10-14)24-2)11-18-19(28)7-9-26-22(18)27-21;1-24-18-9-12(5-7-25-18)15-10-16-17(28)6-8-26-21(16)27-20(15)14-4-2-3-13(11-23)19(14)22/h4-12H,1H2,2-3H3,(H,25,26)(H,27,28);3-11H,1H2,2H3,(H,25,26)(H,27,28);3-11H,1-2H3,(H,24,25)(H,26,27,28);2-10H,1H3,(H,24,25)(H,26,27,28). The number of halogens is 2. The molecule has 10 aromatic heterocycles. The molecule has 0 fully saturated rings. The molecule has 0 spiro atoms. The molecule has 0 atom stereocenters. The molecule has 4 aromatic carbocycles. The molecule has 14 aromatic rings. The second-order valence-corrected chi connectivity index (χ2v) is 25.3. The van der Waals surface area contributed by atoms with E-state index in [1.807, 2.05) is 136 Å². The van der Waals surface area contributed by atoms with Crippen LogP contribution in [0.15, 0.2) is 241 Å². The van der Waals surface area contributed by atoms with Crippen molar-refractivity contribution in [3.8, 4) is 114 Å². The first-order chi connectivity index (χ1) is 54.4. The summed E-state index contributed by atoms with van der Waals surface area (Å²) in [5.41, 5.74) is 17.9. The number of fused-ring (bicyclic) bond motifs is 4. The Bertz CT molecular complexity index is 6120. The third-order valence-electron chi connectivity index (χ3n) is 18.6. The first-order valence-electron chi connectivity index (χ1n) is 34.8. The van der Waals surface area contributed by atoms with Gasteiger partial charge in [0, 0.05) is 145 Å². The largest absolute Gasteiger partial charge is 0.373 e. The molecule has 0 radical (unpaired) electrons. The SMILES string of the molecule is C=C1C=Cc2cc(-c3ccnc(NC)c3)c(-c3cccc(C#N)c3C)nc2N1.C=C1C=Cc2cc(-c3ccnc(NC)c3)c(-c3cccc(C#N)c3F)nc2N1.CNc1cc(-c2cc3c(=O)cc[nH]c3nc2-c2cccc(C#N)c2C)ccn1.CNc1cc(-c2cc3c(=O)cc[nH]c3nc2-c2cccc(C#N)c2F)ccn1. The average molecular weight is 1470 g/mol. The van der Waals surface area contributed by atoms with Crippen LogP contribution in [0.25, 0.3) is 124 Å². The van der Waals surface area contributed by atoms with Gasteiger partial charge in [-0.1, -0.05) is 49.6 Å². The molecular formula is C88H66F2N20O2. The van der Waals surface area contributed by atoms with Crippen LogP contribution in [0.3, 0.4) is 0 Å². The van der Waals surface area contributed by atoms with Crippen LogP contribution in [0, 0.1) is 70.8 Å². The van der Waals surface area contributed by atoms with E-state index in [0.717, 1.165) is 89.8 Å². The molecule has 16 rings (SSSR count). The van der Waals surface area contributed by atoms with Crippen LogP contribution >= 0.6 is 0 Å². The third-order valence-corrected chi connectivity index (χ3v) is 18.6. The van der Waals surface area contributed by atoms with E-state index >= 15 is 0 Å². The van der Waals surface area contributed by atoms with E-state index in [4.69, 9.17) is 9.97 Å². The van der Waals surface area contributed by atoms with Gasteiger partial charge in [0.15, 0.2) is 10.9 Å². The zero-order chi connectivity index (χ0) is 78.7. The summed E-state index contributed by atoms with van der Waals surface area (Å²) in [6.45, 7) is 11.7. The molecule has 2 aliphatic heterocycles. The minimum atomic E-state index is -0.653. The minimum Gasteiger partial charge on any atom is -0.373 e. The van der Waals surface area contributed by atoms with Crippen molar-refractivity contribution in [2.24, 2.45) is 0 Å². The summed E-state index contributed by atoms with van der Waals surface area (Å²) in [5.74, 6) is 2.92. The van der Waals surface area contributed by atoms with E-state index in [1.54, 1.807) is 101 Å². The highest BCUT2D eigenvalue weighted by Gasteiger charge is 2.24. The molecule has 22 nitrogen and oxygen atoms in total. The molecule has 0 unspecified atom stereocenters. The van der Waals surface area contributed by atoms with Crippen molar-refractivity contribution in [2.75, 3.05) is 60.1 Å². The summed E-state index contributed by atoms with van der Waals surface area (Å²) >= 11 is 0. The van der Waals surface area contributed by atoms with Gasteiger partial charge in [-0.15, -0.1) is 0 Å². The maximum absolute atomic E-state index is 15.0. The maximum Gasteiger partial charge on any atom is 0.191 e. The summed E-state index contributed by atoms with van der Waals surface area (Å²) in [5, 5.41) is 56.6. The Labute approximate surface area is 641 Å². The number of hydrogen-bond donors (Lipinski definition) is 8. The summed E-state index contributed by atoms with van der Waals surface area (Å²) in [4.78, 5) is 66.6. The Hall–Kier alpha value is -15.9. The molecule has 0 saturated heterocycles. The van der Waals surface area contributed by atoms with Gasteiger partial charge in [0.1, 0.15) is 70.0 Å². The number of nitrogens with one attached hydrogen (secondary N) is 8. The molecule has 0 amide bonds. The number of aromatic amines is 2. The van der Waals surface area contributed by atoms with Crippen LogP contribution in [0.5, 0.6) is 0 Å². The quantitative estimate of drug-likeness (QED) is 0.0563. The number of nitriles is 4. The Morgan fingerprint density at radius 1 is 0.375 bits per heavy atom. The number of benzene rings is 4. The van der Waals surface area contributed by atoms with Gasteiger partial charge in [0.25, 0.3) is 0 Å². The lowest BCUT2D eigenvalue weighted by atomic mass is 9.93. The first kappa shape index (κ1) is 74.4. The van der Waals surface area contributed by atoms with Gasteiger partial charge in [-0.3, -0.25) is 9.59 Å². The molecule has 112 heavy (non-hydrogen) atoms. The number of H-pyrrole nitrogens is 2. The van der Waals surface area contributed by atoms with Gasteiger partial charge in [-0.25, -0.2) is 48.7 Å². The summed E-state index contributed by atoms with van der Waals surface area (Å²) in [6, 6.07) is 54.3. The highest BCUT2D eigenvalue weighted by Crippen LogP contribution is 2.42. The van der Waals surface area contributed by atoms with Crippen molar-refractivity contribution in [1.29, 1.82) is 21.0 Å². The summed E-state index contributed by atoms with van der Waals surface area (Å²) in [6.07, 6.45) is 17.6. The highest BCUT2D eigenvalue weighted by atomic mass is 19.1. The van der Waals surface area contributed by atoms with Crippen molar-refractivity contribution < 1.29 is 8.78 Å². The molecule has 0 bridgehead atoms. The monoisotopic (exact) mass is 1470 g/mol. The number of anilines is 6. The van der Waals surface area contributed by atoms with Crippen molar-refractivity contribution in [3.05, 3.63) is 308 Å². The van der Waals surface area contributed by atoms with Crippen LogP contribution < -0.4 is 42.8 Å². The second kappa shape index (κ2) is 32.8. The van der Waals surface area contributed by atoms with Crippen LogP contribution in [0.2, 0.25) is 0 Å². The van der Waals surface area contributed by atoms with Gasteiger partial charge >= 0.3 is 0 Å². The molecule has 12 heterocycles. The van der Waals surface area contributed by atoms with Gasteiger partial charge in [-0.2, -0.15) is 21.0 Å². The number of allylic oxidation sites excluding steroid dienone is 2. The first-order valence-corrected chi connectivity index (χ1v) is 34.8. The van der Waals surface area contributed by atoms with Crippen LogP contribution in [-0.4, -0.2) is 78.0 Å². The fraction of sp³-hybridized carbons (Fsp3) is 0.0682. The molecular weight excluding hydrogens is 1410 g/mol. The zero-order valence-corrected chi connectivity index (χ0v) is 61.1. The smallest absolute Gasteiger partial charge is 0.191 e. The topological polar surface area (TPSA) is 336 Å². The van der Waals surface area contributed by atoms with Gasteiger partial charge in [0.2, 0.25) is 0 Å². The van der Waals surface area contributed by atoms with E-state index in [9.17, 15) is 39.4 Å². The lowest BCUT2D eigenvalue weighted by Crippen LogP contribution is -2.07. The number of nitrogens with zero attached hydrogens (tertiary/aromatic N) is 12. The van der Waals surface area contributed by atoms with Gasteiger partial charge < -0.3 is 41.9 Å². The lowest BCUT2D eigenvalue weighted by Gasteiger charge is -2.19. The van der Waals surface area contributed by atoms with Crippen LogP contribution in [0.4, 0.5) is 43.7 Å². The van der Waals surface area contributed by atoms with Crippen molar-refractivity contribution >= 4 is 69.1 Å². The Kier molecular flexibility index (Phi) is 21.8. The fourth-order valence-corrected chi connectivity index (χ4v) is 12.7. The molecule has 0 aliphatic carbocycles. The zero-order valence-electron chi connectivity index (χ0n) is 61.1. The third kappa shape index (κ3) is 15.4. The fourth-order valence-electron chi connectivity index (χ4n) is 12.7. The van der Waals surface area contributed by atoms with Crippen LogP contribution in [-0.2, 0) is 0 Å². The number of rotatable bonds is 12. The number of aromatic nitrogens is 10. The minimum absolute atomic E-state index is 0.0223. The van der Waals surface area contributed by atoms with E-state index < -0.39 is 11.6 Å². The molecule has 0 saturated carbocycles. The van der Waals surface area contributed by atoms with E-state index in [-0.39, 0.29) is 33.1 Å². The van der Waals surface area contributed by atoms with Gasteiger partial charge in [-0.05, 0) is 181 Å². The predicted molar refractivity (Wildman–Crippen MR) is 438 cm³/mol. The van der Waals surface area contributed by atoms with Crippen molar-refractivity contribution in [1.82, 2.24) is 49.8 Å². The van der Waals surface area contributed by atoms with Crippen molar-refractivity contribution in [3.63, 3.8) is 0 Å². The van der Waals surface area contributed by atoms with E-state index in [1.165, 1.54) is 30.5 Å². The molecule has 8 N–H and O–H groups in total. The molecule has 544 valence electrons.